The highest BCUT2D eigenvalue weighted by Gasteiger charge is 2.19. The van der Waals surface area contributed by atoms with Gasteiger partial charge in [-0.15, -0.1) is 0 Å². The Morgan fingerprint density at radius 1 is 1.33 bits per heavy atom. The number of aliphatic hydroxyl groups is 1. The van der Waals surface area contributed by atoms with Gasteiger partial charge in [0, 0.05) is 18.7 Å². The third kappa shape index (κ3) is 5.27. The number of methoxy groups -OCH3 is 1. The van der Waals surface area contributed by atoms with E-state index in [1.165, 1.54) is 0 Å². The van der Waals surface area contributed by atoms with Gasteiger partial charge in [0.2, 0.25) is 0 Å². The first-order valence-electron chi connectivity index (χ1n) is 7.13. The molecule has 0 saturated heterocycles. The minimum absolute atomic E-state index is 0.111. The van der Waals surface area contributed by atoms with E-state index in [0.29, 0.717) is 36.6 Å². The van der Waals surface area contributed by atoms with Crippen molar-refractivity contribution in [2.24, 2.45) is 5.41 Å². The van der Waals surface area contributed by atoms with Gasteiger partial charge in [-0.25, -0.2) is 0 Å². The molecule has 0 atom stereocenters. The van der Waals surface area contributed by atoms with Gasteiger partial charge in [-0.05, 0) is 37.0 Å². The Morgan fingerprint density at radius 3 is 2.62 bits per heavy atom. The highest BCUT2D eigenvalue weighted by molar-refractivity contribution is 5.94. The summed E-state index contributed by atoms with van der Waals surface area (Å²) in [5.41, 5.74) is 0.384. The minimum atomic E-state index is -0.164. The van der Waals surface area contributed by atoms with E-state index in [2.05, 4.69) is 5.32 Å². The third-order valence-electron chi connectivity index (χ3n) is 3.24. The van der Waals surface area contributed by atoms with Gasteiger partial charge in [0.15, 0.2) is 11.5 Å². The van der Waals surface area contributed by atoms with Crippen LogP contribution in [0.15, 0.2) is 18.2 Å². The summed E-state index contributed by atoms with van der Waals surface area (Å²) in [6.45, 7) is 7.05. The molecule has 21 heavy (non-hydrogen) atoms. The first-order chi connectivity index (χ1) is 9.93. The molecule has 1 aromatic rings. The number of benzene rings is 1. The predicted molar refractivity (Wildman–Crippen MR) is 82.0 cm³/mol. The van der Waals surface area contributed by atoms with Gasteiger partial charge in [-0.1, -0.05) is 13.8 Å². The summed E-state index contributed by atoms with van der Waals surface area (Å²) in [5, 5.41) is 11.9. The lowest BCUT2D eigenvalue weighted by atomic mass is 9.89. The maximum Gasteiger partial charge on any atom is 0.251 e. The predicted octanol–water partition coefficient (Wildman–Crippen LogP) is 2.23. The molecule has 0 aliphatic carbocycles. The van der Waals surface area contributed by atoms with Gasteiger partial charge >= 0.3 is 0 Å². The van der Waals surface area contributed by atoms with Gasteiger partial charge in [0.1, 0.15) is 0 Å². The molecule has 0 radical (unpaired) electrons. The Labute approximate surface area is 126 Å². The molecule has 1 amide bonds. The van der Waals surface area contributed by atoms with E-state index in [1.807, 2.05) is 20.8 Å². The monoisotopic (exact) mass is 295 g/mol. The fourth-order valence-electron chi connectivity index (χ4n) is 1.90. The van der Waals surface area contributed by atoms with E-state index in [1.54, 1.807) is 25.3 Å². The Kier molecular flexibility index (Phi) is 6.49. The molecule has 0 aliphatic rings. The Bertz CT molecular complexity index is 471. The van der Waals surface area contributed by atoms with E-state index in [-0.39, 0.29) is 17.9 Å². The lowest BCUT2D eigenvalue weighted by molar-refractivity contribution is 0.0928. The molecule has 0 unspecified atom stereocenters. The van der Waals surface area contributed by atoms with Crippen LogP contribution >= 0.6 is 0 Å². The van der Waals surface area contributed by atoms with Crippen molar-refractivity contribution < 1.29 is 19.4 Å². The fourth-order valence-corrected chi connectivity index (χ4v) is 1.90. The Balaban J connectivity index is 2.74. The smallest absolute Gasteiger partial charge is 0.251 e. The second-order valence-corrected chi connectivity index (χ2v) is 5.62. The lowest BCUT2D eigenvalue weighted by Crippen LogP contribution is -2.34. The normalized spacial score (nSPS) is 11.1. The molecular weight excluding hydrogens is 270 g/mol. The molecule has 0 heterocycles. The maximum atomic E-state index is 12.2. The maximum absolute atomic E-state index is 12.2. The zero-order valence-electron chi connectivity index (χ0n) is 13.2. The highest BCUT2D eigenvalue weighted by Crippen LogP contribution is 2.28. The van der Waals surface area contributed by atoms with Crippen LogP contribution in [0.25, 0.3) is 0 Å². The zero-order valence-corrected chi connectivity index (χ0v) is 13.2. The van der Waals surface area contributed by atoms with Crippen LogP contribution in [-0.2, 0) is 0 Å². The summed E-state index contributed by atoms with van der Waals surface area (Å²) in [6, 6.07) is 5.11. The fraction of sp³-hybridized carbons (Fsp3) is 0.562. The number of carbonyl (C=O) groups excluding carboxylic acids is 1. The molecule has 5 nitrogen and oxygen atoms in total. The number of carbonyl (C=O) groups is 1. The number of hydrogen-bond donors (Lipinski definition) is 2. The van der Waals surface area contributed by atoms with Crippen molar-refractivity contribution in [1.29, 1.82) is 0 Å². The van der Waals surface area contributed by atoms with Gasteiger partial charge in [-0.2, -0.15) is 0 Å². The van der Waals surface area contributed by atoms with Crippen molar-refractivity contribution in [3.8, 4) is 11.5 Å². The van der Waals surface area contributed by atoms with Crippen LogP contribution in [0.5, 0.6) is 11.5 Å². The van der Waals surface area contributed by atoms with Gasteiger partial charge in [-0.3, -0.25) is 4.79 Å². The van der Waals surface area contributed by atoms with E-state index >= 15 is 0 Å². The molecule has 1 aromatic carbocycles. The van der Waals surface area contributed by atoms with Crippen molar-refractivity contribution in [3.63, 3.8) is 0 Å². The summed E-state index contributed by atoms with van der Waals surface area (Å²) in [6.07, 6.45) is 0.639. The molecule has 2 N–H and O–H groups in total. The molecule has 5 heteroatoms. The van der Waals surface area contributed by atoms with Crippen molar-refractivity contribution in [1.82, 2.24) is 5.32 Å². The largest absolute Gasteiger partial charge is 0.493 e. The van der Waals surface area contributed by atoms with Crippen LogP contribution in [0.3, 0.4) is 0 Å². The summed E-state index contributed by atoms with van der Waals surface area (Å²) in [4.78, 5) is 12.2. The molecule has 0 fully saturated rings. The minimum Gasteiger partial charge on any atom is -0.493 e. The molecule has 1 rings (SSSR count). The summed E-state index contributed by atoms with van der Waals surface area (Å²) in [5.74, 6) is 0.999. The molecule has 0 bridgehead atoms. The average molecular weight is 295 g/mol. The summed E-state index contributed by atoms with van der Waals surface area (Å²) in [7, 11) is 1.55. The van der Waals surface area contributed by atoms with Gasteiger partial charge in [0.25, 0.3) is 5.91 Å². The van der Waals surface area contributed by atoms with Crippen LogP contribution in [0.1, 0.15) is 37.6 Å². The van der Waals surface area contributed by atoms with Crippen molar-refractivity contribution in [3.05, 3.63) is 23.8 Å². The quantitative estimate of drug-likeness (QED) is 0.772. The van der Waals surface area contributed by atoms with Crippen LogP contribution in [-0.4, -0.2) is 37.9 Å². The van der Waals surface area contributed by atoms with Crippen molar-refractivity contribution >= 4 is 5.91 Å². The van der Waals surface area contributed by atoms with Crippen LogP contribution < -0.4 is 14.8 Å². The number of hydrogen-bond acceptors (Lipinski definition) is 4. The molecule has 0 spiro atoms. The van der Waals surface area contributed by atoms with Gasteiger partial charge < -0.3 is 19.9 Å². The van der Waals surface area contributed by atoms with E-state index in [4.69, 9.17) is 14.6 Å². The number of nitrogens with one attached hydrogen (secondary N) is 1. The number of aliphatic hydroxyl groups excluding tert-OH is 1. The second-order valence-electron chi connectivity index (χ2n) is 5.62. The molecule has 0 aromatic heterocycles. The highest BCUT2D eigenvalue weighted by atomic mass is 16.5. The summed E-state index contributed by atoms with van der Waals surface area (Å²) < 4.78 is 10.7. The zero-order chi connectivity index (χ0) is 15.9. The van der Waals surface area contributed by atoms with Crippen LogP contribution in [0, 0.1) is 5.41 Å². The summed E-state index contributed by atoms with van der Waals surface area (Å²) >= 11 is 0. The Morgan fingerprint density at radius 2 is 2.05 bits per heavy atom. The number of rotatable bonds is 8. The SMILES string of the molecule is CCOc1ccc(C(=O)NCC(C)(C)CCO)cc1OC. The first-order valence-corrected chi connectivity index (χ1v) is 7.13. The molecular formula is C16H25NO4. The van der Waals surface area contributed by atoms with E-state index in [0.717, 1.165) is 0 Å². The number of ether oxygens (including phenoxy) is 2. The van der Waals surface area contributed by atoms with E-state index < -0.39 is 0 Å². The lowest BCUT2D eigenvalue weighted by Gasteiger charge is -2.23. The van der Waals surface area contributed by atoms with E-state index in [9.17, 15) is 4.79 Å². The molecule has 118 valence electrons. The third-order valence-corrected chi connectivity index (χ3v) is 3.24. The Hall–Kier alpha value is -1.75. The molecule has 0 aliphatic heterocycles. The average Bonchev–Trinajstić information content (AvgIpc) is 2.45. The van der Waals surface area contributed by atoms with Crippen LogP contribution in [0.4, 0.5) is 0 Å². The topological polar surface area (TPSA) is 67.8 Å². The second kappa shape index (κ2) is 7.88. The van der Waals surface area contributed by atoms with Crippen LogP contribution in [0.2, 0.25) is 0 Å². The van der Waals surface area contributed by atoms with Crippen molar-refractivity contribution in [2.75, 3.05) is 26.9 Å². The molecule has 0 saturated carbocycles. The standard InChI is InChI=1S/C16H25NO4/c1-5-21-13-7-6-12(10-14(13)20-4)15(19)17-11-16(2,3)8-9-18/h6-7,10,18H,5,8-9,11H2,1-4H3,(H,17,19). The van der Waals surface area contributed by atoms with Crippen molar-refractivity contribution in [2.45, 2.75) is 27.2 Å². The first kappa shape index (κ1) is 17.3. The number of amides is 1. The van der Waals surface area contributed by atoms with Gasteiger partial charge in [0.05, 0.1) is 13.7 Å².